The largest absolute Gasteiger partial charge is 0.478 e. The van der Waals surface area contributed by atoms with Crippen molar-refractivity contribution in [2.75, 3.05) is 5.32 Å². The Labute approximate surface area is 205 Å². The van der Waals surface area contributed by atoms with Crippen molar-refractivity contribution in [2.45, 2.75) is 31.7 Å². The molecule has 7 nitrogen and oxygen atoms in total. The van der Waals surface area contributed by atoms with Gasteiger partial charge < -0.3 is 9.67 Å². The molecular weight excluding hydrogens is 460 g/mol. The number of carbonyl (C=O) groups is 2. The number of carbonyl (C=O) groups excluding carboxylic acids is 1. The van der Waals surface area contributed by atoms with E-state index in [1.807, 2.05) is 48.5 Å². The maximum absolute atomic E-state index is 13.1. The molecule has 0 atom stereocenters. The highest BCUT2D eigenvalue weighted by atomic mass is 32.1. The minimum Gasteiger partial charge on any atom is -0.478 e. The van der Waals surface area contributed by atoms with Crippen LogP contribution in [0, 0.1) is 0 Å². The fraction of sp³-hybridized carbons (Fsp3) is 0.185. The number of aromatic carboxylic acids is 1. The van der Waals surface area contributed by atoms with Gasteiger partial charge in [-0.2, -0.15) is 0 Å². The third-order valence-corrected chi connectivity index (χ3v) is 7.48. The summed E-state index contributed by atoms with van der Waals surface area (Å²) < 4.78 is 3.24. The van der Waals surface area contributed by atoms with Gasteiger partial charge in [0, 0.05) is 17.2 Å². The zero-order valence-electron chi connectivity index (χ0n) is 18.8. The van der Waals surface area contributed by atoms with Crippen LogP contribution in [-0.2, 0) is 0 Å². The van der Waals surface area contributed by atoms with Crippen LogP contribution >= 0.6 is 11.3 Å². The standard InChI is InChI=1S/C27H22N4O3S/c32-25(30-27-29-20-10-3-4-11-23(20)35-27)17-7-5-6-16(14-17)24-28-21-15-18(26(33)34)12-13-22(21)31(24)19-8-1-2-9-19/h3-7,10-15,19H,1-2,8-9H2,(H,33,34)(H,29,30,32). The topological polar surface area (TPSA) is 97.1 Å². The first-order chi connectivity index (χ1) is 17.1. The molecule has 0 radical (unpaired) electrons. The Bertz CT molecular complexity index is 1560. The third kappa shape index (κ3) is 3.95. The summed E-state index contributed by atoms with van der Waals surface area (Å²) in [6, 6.07) is 20.6. The second kappa shape index (κ2) is 8.63. The number of thiazole rings is 1. The van der Waals surface area contributed by atoms with E-state index in [0.717, 1.165) is 52.8 Å². The van der Waals surface area contributed by atoms with Gasteiger partial charge in [-0.3, -0.25) is 10.1 Å². The molecule has 174 valence electrons. The maximum Gasteiger partial charge on any atom is 0.335 e. The Kier molecular flexibility index (Phi) is 5.30. The van der Waals surface area contributed by atoms with Gasteiger partial charge in [0.05, 0.1) is 26.8 Å². The molecule has 3 aromatic carbocycles. The van der Waals surface area contributed by atoms with Crippen LogP contribution in [0.5, 0.6) is 0 Å². The lowest BCUT2D eigenvalue weighted by Crippen LogP contribution is -2.12. The summed E-state index contributed by atoms with van der Waals surface area (Å²) in [5.74, 6) is -0.455. The first kappa shape index (κ1) is 21.5. The molecule has 8 heteroatoms. The van der Waals surface area contributed by atoms with Crippen molar-refractivity contribution in [1.29, 1.82) is 0 Å². The van der Waals surface area contributed by atoms with Gasteiger partial charge in [-0.25, -0.2) is 14.8 Å². The first-order valence-electron chi connectivity index (χ1n) is 11.6. The lowest BCUT2D eigenvalue weighted by atomic mass is 10.1. The lowest BCUT2D eigenvalue weighted by molar-refractivity contribution is 0.0696. The molecule has 1 fully saturated rings. The van der Waals surface area contributed by atoms with Gasteiger partial charge in [0.1, 0.15) is 5.82 Å². The molecule has 0 spiro atoms. The molecule has 1 aliphatic rings. The Balaban J connectivity index is 1.38. The summed E-state index contributed by atoms with van der Waals surface area (Å²) >= 11 is 1.44. The van der Waals surface area contributed by atoms with Gasteiger partial charge >= 0.3 is 5.97 Å². The molecule has 1 saturated carbocycles. The summed E-state index contributed by atoms with van der Waals surface area (Å²) in [4.78, 5) is 33.9. The average molecular weight is 483 g/mol. The molecule has 1 amide bonds. The van der Waals surface area contributed by atoms with Crippen molar-refractivity contribution in [3.8, 4) is 11.4 Å². The number of rotatable bonds is 5. The fourth-order valence-electron chi connectivity index (χ4n) is 4.86. The zero-order chi connectivity index (χ0) is 23.9. The van der Waals surface area contributed by atoms with Crippen molar-refractivity contribution in [3.63, 3.8) is 0 Å². The molecule has 2 aromatic heterocycles. The smallest absolute Gasteiger partial charge is 0.335 e. The fourth-order valence-corrected chi connectivity index (χ4v) is 5.72. The van der Waals surface area contributed by atoms with Crippen molar-refractivity contribution < 1.29 is 14.7 Å². The number of amides is 1. The van der Waals surface area contributed by atoms with E-state index in [4.69, 9.17) is 4.98 Å². The molecule has 35 heavy (non-hydrogen) atoms. The number of hydrogen-bond acceptors (Lipinski definition) is 5. The summed E-state index contributed by atoms with van der Waals surface area (Å²) in [6.07, 6.45) is 4.41. The van der Waals surface area contributed by atoms with Crippen LogP contribution in [0.4, 0.5) is 5.13 Å². The van der Waals surface area contributed by atoms with Crippen LogP contribution in [-0.4, -0.2) is 31.5 Å². The van der Waals surface area contributed by atoms with E-state index < -0.39 is 5.97 Å². The third-order valence-electron chi connectivity index (χ3n) is 6.52. The minimum atomic E-state index is -0.975. The predicted molar refractivity (Wildman–Crippen MR) is 137 cm³/mol. The maximum atomic E-state index is 13.1. The number of imidazole rings is 1. The lowest BCUT2D eigenvalue weighted by Gasteiger charge is -2.17. The van der Waals surface area contributed by atoms with Crippen LogP contribution in [0.15, 0.2) is 66.7 Å². The van der Waals surface area contributed by atoms with Gasteiger partial charge in [0.15, 0.2) is 5.13 Å². The van der Waals surface area contributed by atoms with E-state index in [0.29, 0.717) is 22.3 Å². The van der Waals surface area contributed by atoms with Crippen molar-refractivity contribution in [2.24, 2.45) is 0 Å². The number of nitrogens with one attached hydrogen (secondary N) is 1. The Morgan fingerprint density at radius 3 is 2.54 bits per heavy atom. The van der Waals surface area contributed by atoms with E-state index >= 15 is 0 Å². The van der Waals surface area contributed by atoms with Gasteiger partial charge in [0.2, 0.25) is 0 Å². The van der Waals surface area contributed by atoms with Crippen molar-refractivity contribution in [3.05, 3.63) is 77.9 Å². The molecule has 6 rings (SSSR count). The second-order valence-corrected chi connectivity index (χ2v) is 9.80. The second-order valence-electron chi connectivity index (χ2n) is 8.77. The SMILES string of the molecule is O=C(O)c1ccc2c(c1)nc(-c1cccc(C(=O)Nc3nc4ccccc4s3)c1)n2C1CCCC1. The van der Waals surface area contributed by atoms with Crippen LogP contribution in [0.3, 0.4) is 0 Å². The van der Waals surface area contributed by atoms with E-state index in [1.54, 1.807) is 18.2 Å². The number of nitrogens with zero attached hydrogens (tertiary/aromatic N) is 3. The molecule has 0 unspecified atom stereocenters. The number of fused-ring (bicyclic) bond motifs is 2. The van der Waals surface area contributed by atoms with Crippen molar-refractivity contribution >= 4 is 49.6 Å². The summed E-state index contributed by atoms with van der Waals surface area (Å²) in [6.45, 7) is 0. The minimum absolute atomic E-state index is 0.212. The van der Waals surface area contributed by atoms with Crippen LogP contribution in [0.1, 0.15) is 52.4 Å². The van der Waals surface area contributed by atoms with Gasteiger partial charge in [-0.1, -0.05) is 48.4 Å². The highest BCUT2D eigenvalue weighted by Gasteiger charge is 2.24. The van der Waals surface area contributed by atoms with Crippen LogP contribution in [0.2, 0.25) is 0 Å². The number of para-hydroxylation sites is 1. The first-order valence-corrected chi connectivity index (χ1v) is 12.4. The highest BCUT2D eigenvalue weighted by molar-refractivity contribution is 7.22. The van der Waals surface area contributed by atoms with Crippen molar-refractivity contribution in [1.82, 2.24) is 14.5 Å². The Morgan fingerprint density at radius 2 is 1.74 bits per heavy atom. The van der Waals surface area contributed by atoms with Crippen LogP contribution in [0.25, 0.3) is 32.6 Å². The summed E-state index contributed by atoms with van der Waals surface area (Å²) in [5.41, 5.74) is 3.97. The van der Waals surface area contributed by atoms with Crippen LogP contribution < -0.4 is 5.32 Å². The highest BCUT2D eigenvalue weighted by Crippen LogP contribution is 2.37. The summed E-state index contributed by atoms with van der Waals surface area (Å²) in [5, 5.41) is 12.9. The number of carboxylic acids is 1. The molecule has 0 aliphatic heterocycles. The zero-order valence-corrected chi connectivity index (χ0v) is 19.6. The quantitative estimate of drug-likeness (QED) is 0.303. The Hall–Kier alpha value is -4.04. The number of aromatic nitrogens is 3. The molecular formula is C27H22N4O3S. The van der Waals surface area contributed by atoms with E-state index in [2.05, 4.69) is 14.9 Å². The normalized spacial score (nSPS) is 14.1. The molecule has 0 saturated heterocycles. The van der Waals surface area contributed by atoms with E-state index in [-0.39, 0.29) is 11.5 Å². The molecule has 1 aliphatic carbocycles. The number of benzene rings is 3. The predicted octanol–water partition coefficient (Wildman–Crippen LogP) is 6.38. The van der Waals surface area contributed by atoms with E-state index in [9.17, 15) is 14.7 Å². The van der Waals surface area contributed by atoms with Gasteiger partial charge in [-0.15, -0.1) is 0 Å². The summed E-state index contributed by atoms with van der Waals surface area (Å²) in [7, 11) is 0. The monoisotopic (exact) mass is 482 g/mol. The Morgan fingerprint density at radius 1 is 0.914 bits per heavy atom. The molecule has 5 aromatic rings. The molecule has 2 heterocycles. The number of anilines is 1. The average Bonchev–Trinajstić information content (AvgIpc) is 3.61. The van der Waals surface area contributed by atoms with Gasteiger partial charge in [-0.05, 0) is 55.3 Å². The number of hydrogen-bond donors (Lipinski definition) is 2. The van der Waals surface area contributed by atoms with E-state index in [1.165, 1.54) is 11.3 Å². The molecule has 2 N–H and O–H groups in total. The number of carboxylic acid groups (broad SMARTS) is 1. The van der Waals surface area contributed by atoms with Gasteiger partial charge in [0.25, 0.3) is 5.91 Å². The molecule has 0 bridgehead atoms.